The van der Waals surface area contributed by atoms with E-state index in [-0.39, 0.29) is 17.8 Å². The van der Waals surface area contributed by atoms with Gasteiger partial charge in [0, 0.05) is 0 Å². The highest BCUT2D eigenvalue weighted by Gasteiger charge is 2.36. The third kappa shape index (κ3) is 2.58. The van der Waals surface area contributed by atoms with Gasteiger partial charge in [0.25, 0.3) is 11.8 Å². The Balaban J connectivity index is 1.86. The summed E-state index contributed by atoms with van der Waals surface area (Å²) in [4.78, 5) is 37.9. The lowest BCUT2D eigenvalue weighted by Crippen LogP contribution is -2.29. The standard InChI is InChI=1S/C19H17NO4/c1-3-24-19(23)12(2)13-8-10-14(11-9-13)20-17(21)15-6-4-5-7-16(15)18(20)22/h4-12H,3H2,1-2H3. The van der Waals surface area contributed by atoms with Gasteiger partial charge in [-0.2, -0.15) is 0 Å². The molecule has 0 saturated heterocycles. The molecule has 2 amide bonds. The summed E-state index contributed by atoms with van der Waals surface area (Å²) in [5.41, 5.74) is 2.08. The van der Waals surface area contributed by atoms with E-state index in [9.17, 15) is 14.4 Å². The van der Waals surface area contributed by atoms with E-state index in [1.165, 1.54) is 0 Å². The molecule has 2 aromatic rings. The van der Waals surface area contributed by atoms with Crippen LogP contribution >= 0.6 is 0 Å². The Bertz CT molecular complexity index is 775. The number of ether oxygens (including phenoxy) is 1. The van der Waals surface area contributed by atoms with Gasteiger partial charge in [0.2, 0.25) is 0 Å². The first-order valence-corrected chi connectivity index (χ1v) is 7.79. The number of esters is 1. The van der Waals surface area contributed by atoms with Gasteiger partial charge in [-0.15, -0.1) is 0 Å². The predicted molar refractivity (Wildman–Crippen MR) is 89.1 cm³/mol. The normalized spacial score (nSPS) is 14.5. The van der Waals surface area contributed by atoms with Gasteiger partial charge in [0.1, 0.15) is 0 Å². The zero-order chi connectivity index (χ0) is 17.3. The Labute approximate surface area is 139 Å². The van der Waals surface area contributed by atoms with E-state index in [2.05, 4.69) is 0 Å². The van der Waals surface area contributed by atoms with Crippen LogP contribution in [0.25, 0.3) is 0 Å². The van der Waals surface area contributed by atoms with E-state index in [0.717, 1.165) is 10.5 Å². The summed E-state index contributed by atoms with van der Waals surface area (Å²) in [5.74, 6) is -1.37. The molecule has 0 radical (unpaired) electrons. The van der Waals surface area contributed by atoms with Crippen LogP contribution in [0.1, 0.15) is 46.0 Å². The van der Waals surface area contributed by atoms with Crippen LogP contribution < -0.4 is 4.90 Å². The average Bonchev–Trinajstić information content (AvgIpc) is 2.86. The zero-order valence-corrected chi connectivity index (χ0v) is 13.5. The molecule has 1 heterocycles. The number of anilines is 1. The Morgan fingerprint density at radius 3 is 2.04 bits per heavy atom. The number of amides is 2. The van der Waals surface area contributed by atoms with E-state index >= 15 is 0 Å². The summed E-state index contributed by atoms with van der Waals surface area (Å²) in [7, 11) is 0. The monoisotopic (exact) mass is 323 g/mol. The van der Waals surface area contributed by atoms with Gasteiger partial charge in [-0.25, -0.2) is 4.90 Å². The lowest BCUT2D eigenvalue weighted by Gasteiger charge is -2.16. The van der Waals surface area contributed by atoms with Crippen LogP contribution in [-0.4, -0.2) is 24.4 Å². The van der Waals surface area contributed by atoms with Crippen molar-refractivity contribution < 1.29 is 19.1 Å². The molecule has 122 valence electrons. The molecular weight excluding hydrogens is 306 g/mol. The van der Waals surface area contributed by atoms with Gasteiger partial charge in [0.15, 0.2) is 0 Å². The van der Waals surface area contributed by atoms with Crippen molar-refractivity contribution in [2.24, 2.45) is 0 Å². The molecule has 1 unspecified atom stereocenters. The minimum Gasteiger partial charge on any atom is -0.466 e. The second-order valence-corrected chi connectivity index (χ2v) is 5.56. The minimum atomic E-state index is -0.402. The fraction of sp³-hybridized carbons (Fsp3) is 0.211. The highest BCUT2D eigenvalue weighted by atomic mass is 16.5. The summed E-state index contributed by atoms with van der Waals surface area (Å²) in [6.07, 6.45) is 0. The topological polar surface area (TPSA) is 63.7 Å². The van der Waals surface area contributed by atoms with Crippen molar-refractivity contribution in [2.75, 3.05) is 11.5 Å². The SMILES string of the molecule is CCOC(=O)C(C)c1ccc(N2C(=O)c3ccccc3C2=O)cc1. The van der Waals surface area contributed by atoms with Crippen LogP contribution in [0.3, 0.4) is 0 Å². The molecule has 24 heavy (non-hydrogen) atoms. The molecule has 5 heteroatoms. The summed E-state index contributed by atoms with van der Waals surface area (Å²) in [6, 6.07) is 13.6. The highest BCUT2D eigenvalue weighted by Crippen LogP contribution is 2.29. The number of carbonyl (C=O) groups excluding carboxylic acids is 3. The molecule has 1 atom stereocenters. The van der Waals surface area contributed by atoms with Crippen LogP contribution in [0.2, 0.25) is 0 Å². The van der Waals surface area contributed by atoms with Gasteiger partial charge in [-0.3, -0.25) is 14.4 Å². The minimum absolute atomic E-state index is 0.300. The van der Waals surface area contributed by atoms with Crippen molar-refractivity contribution in [1.29, 1.82) is 0 Å². The van der Waals surface area contributed by atoms with Gasteiger partial charge in [-0.1, -0.05) is 24.3 Å². The molecule has 0 bridgehead atoms. The maximum absolute atomic E-state index is 12.5. The first kappa shape index (κ1) is 15.9. The zero-order valence-electron chi connectivity index (χ0n) is 13.5. The second-order valence-electron chi connectivity index (χ2n) is 5.56. The van der Waals surface area contributed by atoms with Gasteiger partial charge in [-0.05, 0) is 43.7 Å². The third-order valence-electron chi connectivity index (χ3n) is 4.09. The molecule has 0 spiro atoms. The molecule has 2 aromatic carbocycles. The van der Waals surface area contributed by atoms with Crippen molar-refractivity contribution in [3.05, 3.63) is 65.2 Å². The Hall–Kier alpha value is -2.95. The maximum Gasteiger partial charge on any atom is 0.313 e. The predicted octanol–water partition coefficient (Wildman–Crippen LogP) is 3.15. The second kappa shape index (κ2) is 6.28. The first-order chi connectivity index (χ1) is 11.5. The van der Waals surface area contributed by atoms with Crippen molar-refractivity contribution in [3.63, 3.8) is 0 Å². The van der Waals surface area contributed by atoms with Crippen LogP contribution in [0.4, 0.5) is 5.69 Å². The molecule has 0 fully saturated rings. The number of rotatable bonds is 4. The lowest BCUT2D eigenvalue weighted by molar-refractivity contribution is -0.144. The number of benzene rings is 2. The molecular formula is C19H17NO4. The smallest absolute Gasteiger partial charge is 0.313 e. The maximum atomic E-state index is 12.5. The number of fused-ring (bicyclic) bond motifs is 1. The molecule has 5 nitrogen and oxygen atoms in total. The van der Waals surface area contributed by atoms with Crippen molar-refractivity contribution in [2.45, 2.75) is 19.8 Å². The third-order valence-corrected chi connectivity index (χ3v) is 4.09. The molecule has 0 saturated carbocycles. The van der Waals surface area contributed by atoms with Gasteiger partial charge >= 0.3 is 5.97 Å². The first-order valence-electron chi connectivity index (χ1n) is 7.79. The molecule has 1 aliphatic rings. The molecule has 0 aromatic heterocycles. The van der Waals surface area contributed by atoms with E-state index in [1.54, 1.807) is 62.4 Å². The van der Waals surface area contributed by atoms with Gasteiger partial charge < -0.3 is 4.74 Å². The lowest BCUT2D eigenvalue weighted by atomic mass is 10.0. The number of carbonyl (C=O) groups is 3. The highest BCUT2D eigenvalue weighted by molar-refractivity contribution is 6.34. The summed E-state index contributed by atoms with van der Waals surface area (Å²) < 4.78 is 5.01. The number of hydrogen-bond donors (Lipinski definition) is 0. The molecule has 3 rings (SSSR count). The van der Waals surface area contributed by atoms with Crippen LogP contribution in [0, 0.1) is 0 Å². The number of hydrogen-bond acceptors (Lipinski definition) is 4. The Kier molecular flexibility index (Phi) is 4.16. The fourth-order valence-electron chi connectivity index (χ4n) is 2.74. The molecule has 0 N–H and O–H groups in total. The van der Waals surface area contributed by atoms with Gasteiger partial charge in [0.05, 0.1) is 29.3 Å². The quantitative estimate of drug-likeness (QED) is 0.640. The van der Waals surface area contributed by atoms with Crippen LogP contribution in [0.5, 0.6) is 0 Å². The summed E-state index contributed by atoms with van der Waals surface area (Å²) in [6.45, 7) is 3.85. The van der Waals surface area contributed by atoms with Crippen molar-refractivity contribution in [3.8, 4) is 0 Å². The molecule has 1 aliphatic heterocycles. The average molecular weight is 323 g/mol. The van der Waals surface area contributed by atoms with Crippen LogP contribution in [-0.2, 0) is 9.53 Å². The van der Waals surface area contributed by atoms with E-state index in [1.807, 2.05) is 0 Å². The Morgan fingerprint density at radius 2 is 1.54 bits per heavy atom. The van der Waals surface area contributed by atoms with Crippen molar-refractivity contribution >= 4 is 23.5 Å². The van der Waals surface area contributed by atoms with E-state index < -0.39 is 5.92 Å². The summed E-state index contributed by atoms with van der Waals surface area (Å²) in [5, 5.41) is 0. The van der Waals surface area contributed by atoms with E-state index in [4.69, 9.17) is 4.74 Å². The number of nitrogens with zero attached hydrogens (tertiary/aromatic N) is 1. The largest absolute Gasteiger partial charge is 0.466 e. The molecule has 0 aliphatic carbocycles. The van der Waals surface area contributed by atoms with E-state index in [0.29, 0.717) is 23.4 Å². The van der Waals surface area contributed by atoms with Crippen molar-refractivity contribution in [1.82, 2.24) is 0 Å². The van der Waals surface area contributed by atoms with Crippen LogP contribution in [0.15, 0.2) is 48.5 Å². The summed E-state index contributed by atoms with van der Waals surface area (Å²) >= 11 is 0. The number of imide groups is 1. The fourth-order valence-corrected chi connectivity index (χ4v) is 2.74. The Morgan fingerprint density at radius 1 is 1.00 bits per heavy atom.